The Kier molecular flexibility index (Phi) is 4.46. The highest BCUT2D eigenvalue weighted by Gasteiger charge is 2.57. The quantitative estimate of drug-likeness (QED) is 0.776. The van der Waals surface area contributed by atoms with Gasteiger partial charge in [0.25, 0.3) is 5.91 Å². The van der Waals surface area contributed by atoms with Gasteiger partial charge in [-0.3, -0.25) is 9.59 Å². The van der Waals surface area contributed by atoms with Crippen LogP contribution in [0.1, 0.15) is 48.9 Å². The lowest BCUT2D eigenvalue weighted by Crippen LogP contribution is -2.67. The lowest BCUT2D eigenvalue weighted by Gasteiger charge is -2.55. The van der Waals surface area contributed by atoms with Gasteiger partial charge in [-0.15, -0.1) is 0 Å². The molecule has 3 aliphatic carbocycles. The van der Waals surface area contributed by atoms with Gasteiger partial charge in [0.15, 0.2) is 5.72 Å². The van der Waals surface area contributed by atoms with E-state index in [4.69, 9.17) is 9.47 Å². The van der Waals surface area contributed by atoms with Crippen molar-refractivity contribution in [3.63, 3.8) is 0 Å². The van der Waals surface area contributed by atoms with Crippen LogP contribution in [-0.2, 0) is 4.79 Å². The molecule has 31 heavy (non-hydrogen) atoms. The SMILES string of the molecule is COc1ccc2c(c1)O[C@]1(C[C@H]3CC[C@H]1C[C@H]3C(=O)N[C@H]1CN3CCC1CC3)NC2=O. The summed E-state index contributed by atoms with van der Waals surface area (Å²) < 4.78 is 11.8. The number of rotatable bonds is 3. The fourth-order valence-electron chi connectivity index (χ4n) is 6.86. The minimum absolute atomic E-state index is 0.0204. The molecular weight excluding hydrogens is 394 g/mol. The third-order valence-electron chi connectivity index (χ3n) is 8.59. The number of carbonyl (C=O) groups excluding carboxylic acids is 2. The number of amides is 2. The lowest BCUT2D eigenvalue weighted by atomic mass is 9.59. The van der Waals surface area contributed by atoms with Crippen molar-refractivity contribution in [3.05, 3.63) is 23.8 Å². The van der Waals surface area contributed by atoms with E-state index in [0.29, 0.717) is 35.4 Å². The standard InChI is InChI=1S/C24H31N3O4/c1-30-17-4-5-18-21(11-17)31-24(26-23(18)29)12-15-2-3-16(24)10-19(15)22(28)25-20-13-27-8-6-14(20)7-9-27/h4-5,11,14-16,19-20H,2-3,6-10,12-13H2,1H3,(H,25,28)(H,26,29)/t15-,16+,19-,20+,24+/m1/s1. The number of fused-ring (bicyclic) bond motifs is 6. The van der Waals surface area contributed by atoms with Crippen molar-refractivity contribution >= 4 is 11.8 Å². The largest absolute Gasteiger partial charge is 0.497 e. The predicted octanol–water partition coefficient (Wildman–Crippen LogP) is 2.16. The van der Waals surface area contributed by atoms with Crippen LogP contribution in [0.3, 0.4) is 0 Å². The number of hydrogen-bond donors (Lipinski definition) is 2. The van der Waals surface area contributed by atoms with Crippen LogP contribution in [0.25, 0.3) is 0 Å². The van der Waals surface area contributed by atoms with E-state index in [1.165, 1.54) is 25.9 Å². The first-order chi connectivity index (χ1) is 15.0. The van der Waals surface area contributed by atoms with E-state index in [1.807, 2.05) is 0 Å². The summed E-state index contributed by atoms with van der Waals surface area (Å²) in [6.45, 7) is 3.35. The molecule has 2 amide bonds. The normalized spacial score (nSPS) is 40.1. The molecule has 1 aromatic carbocycles. The van der Waals surface area contributed by atoms with Crippen molar-refractivity contribution in [2.24, 2.45) is 23.7 Å². The van der Waals surface area contributed by atoms with E-state index in [-0.39, 0.29) is 29.6 Å². The molecule has 8 rings (SSSR count). The third-order valence-corrected chi connectivity index (χ3v) is 8.59. The highest BCUT2D eigenvalue weighted by atomic mass is 16.5. The summed E-state index contributed by atoms with van der Waals surface area (Å²) in [4.78, 5) is 28.6. The van der Waals surface area contributed by atoms with Crippen molar-refractivity contribution in [2.45, 2.75) is 50.3 Å². The summed E-state index contributed by atoms with van der Waals surface area (Å²) >= 11 is 0. The van der Waals surface area contributed by atoms with Gasteiger partial charge in [0.1, 0.15) is 11.5 Å². The average molecular weight is 426 g/mol. The predicted molar refractivity (Wildman–Crippen MR) is 114 cm³/mol. The number of methoxy groups -OCH3 is 1. The Balaban J connectivity index is 1.19. The minimum atomic E-state index is -0.703. The van der Waals surface area contributed by atoms with Crippen molar-refractivity contribution in [1.29, 1.82) is 0 Å². The Morgan fingerprint density at radius 1 is 1.23 bits per heavy atom. The molecular formula is C24H31N3O4. The first-order valence-corrected chi connectivity index (χ1v) is 11.8. The van der Waals surface area contributed by atoms with Crippen LogP contribution in [-0.4, -0.2) is 55.2 Å². The molecule has 4 aliphatic heterocycles. The van der Waals surface area contributed by atoms with Gasteiger partial charge in [0, 0.05) is 36.9 Å². The molecule has 7 nitrogen and oxygen atoms in total. The molecule has 4 heterocycles. The van der Waals surface area contributed by atoms with E-state index in [0.717, 1.165) is 25.8 Å². The Bertz CT molecular complexity index is 912. The molecule has 1 aromatic rings. The van der Waals surface area contributed by atoms with Crippen molar-refractivity contribution in [2.75, 3.05) is 26.7 Å². The number of ether oxygens (including phenoxy) is 2. The molecule has 166 valence electrons. The fraction of sp³-hybridized carbons (Fsp3) is 0.667. The van der Waals surface area contributed by atoms with Gasteiger partial charge in [0.05, 0.1) is 12.7 Å². The first kappa shape index (κ1) is 19.4. The molecule has 6 fully saturated rings. The highest BCUT2D eigenvalue weighted by molar-refractivity contribution is 5.98. The summed E-state index contributed by atoms with van der Waals surface area (Å²) in [6.07, 6.45) is 5.87. The van der Waals surface area contributed by atoms with Crippen LogP contribution >= 0.6 is 0 Å². The maximum Gasteiger partial charge on any atom is 0.258 e. The third kappa shape index (κ3) is 3.12. The maximum absolute atomic E-state index is 13.3. The van der Waals surface area contributed by atoms with Gasteiger partial charge in [-0.2, -0.15) is 0 Å². The van der Waals surface area contributed by atoms with Gasteiger partial charge in [-0.1, -0.05) is 0 Å². The van der Waals surface area contributed by atoms with Crippen molar-refractivity contribution < 1.29 is 19.1 Å². The smallest absolute Gasteiger partial charge is 0.258 e. The molecule has 3 saturated carbocycles. The second-order valence-corrected chi connectivity index (χ2v) is 10.1. The van der Waals surface area contributed by atoms with Gasteiger partial charge in [-0.25, -0.2) is 0 Å². The number of hydrogen-bond acceptors (Lipinski definition) is 5. The number of benzene rings is 1. The number of carbonyl (C=O) groups is 2. The van der Waals surface area contributed by atoms with E-state index < -0.39 is 5.72 Å². The van der Waals surface area contributed by atoms with Crippen LogP contribution in [0.5, 0.6) is 11.5 Å². The zero-order valence-electron chi connectivity index (χ0n) is 18.1. The molecule has 0 radical (unpaired) electrons. The minimum Gasteiger partial charge on any atom is -0.497 e. The molecule has 0 aromatic heterocycles. The Morgan fingerprint density at radius 2 is 2.06 bits per heavy atom. The summed E-state index contributed by atoms with van der Waals surface area (Å²) in [5.74, 6) is 2.42. The second kappa shape index (κ2) is 7.12. The summed E-state index contributed by atoms with van der Waals surface area (Å²) in [7, 11) is 1.61. The average Bonchev–Trinajstić information content (AvgIpc) is 2.79. The van der Waals surface area contributed by atoms with Crippen LogP contribution in [0.4, 0.5) is 0 Å². The van der Waals surface area contributed by atoms with Crippen LogP contribution in [0.15, 0.2) is 18.2 Å². The van der Waals surface area contributed by atoms with E-state index in [9.17, 15) is 9.59 Å². The van der Waals surface area contributed by atoms with E-state index in [2.05, 4.69) is 15.5 Å². The van der Waals surface area contributed by atoms with E-state index in [1.54, 1.807) is 25.3 Å². The fourth-order valence-corrected chi connectivity index (χ4v) is 6.86. The van der Waals surface area contributed by atoms with Gasteiger partial charge >= 0.3 is 0 Å². The Hall–Kier alpha value is -2.28. The number of piperidine rings is 3. The number of nitrogens with one attached hydrogen (secondary N) is 2. The topological polar surface area (TPSA) is 79.9 Å². The Labute approximate surface area is 182 Å². The van der Waals surface area contributed by atoms with Crippen molar-refractivity contribution in [3.8, 4) is 11.5 Å². The van der Waals surface area contributed by atoms with Crippen molar-refractivity contribution in [1.82, 2.24) is 15.5 Å². The molecule has 4 bridgehead atoms. The molecule has 2 N–H and O–H groups in total. The molecule has 1 spiro atoms. The molecule has 7 heteroatoms. The van der Waals surface area contributed by atoms with E-state index >= 15 is 0 Å². The first-order valence-electron chi connectivity index (χ1n) is 11.8. The molecule has 7 aliphatic rings. The zero-order chi connectivity index (χ0) is 21.2. The highest BCUT2D eigenvalue weighted by Crippen LogP contribution is 2.52. The monoisotopic (exact) mass is 425 g/mol. The zero-order valence-corrected chi connectivity index (χ0v) is 18.1. The summed E-state index contributed by atoms with van der Waals surface area (Å²) in [5.41, 5.74) is -0.157. The van der Waals surface area contributed by atoms with Gasteiger partial charge < -0.3 is 25.0 Å². The van der Waals surface area contributed by atoms with Crippen LogP contribution in [0, 0.1) is 23.7 Å². The van der Waals surface area contributed by atoms with Crippen LogP contribution in [0.2, 0.25) is 0 Å². The summed E-state index contributed by atoms with van der Waals surface area (Å²) in [5, 5.41) is 6.59. The lowest BCUT2D eigenvalue weighted by molar-refractivity contribution is -0.148. The number of nitrogens with zero attached hydrogens (tertiary/aromatic N) is 1. The summed E-state index contributed by atoms with van der Waals surface area (Å²) in [6, 6.07) is 5.63. The maximum atomic E-state index is 13.3. The second-order valence-electron chi connectivity index (χ2n) is 10.1. The molecule has 5 atom stereocenters. The molecule has 3 saturated heterocycles. The Morgan fingerprint density at radius 3 is 2.74 bits per heavy atom. The molecule has 0 unspecified atom stereocenters. The van der Waals surface area contributed by atoms with Gasteiger partial charge in [0.2, 0.25) is 5.91 Å². The van der Waals surface area contributed by atoms with Gasteiger partial charge in [-0.05, 0) is 69.2 Å². The van der Waals surface area contributed by atoms with Crippen LogP contribution < -0.4 is 20.1 Å².